The van der Waals surface area contributed by atoms with Gasteiger partial charge in [-0.1, -0.05) is 103 Å². The van der Waals surface area contributed by atoms with Crippen molar-refractivity contribution in [2.75, 3.05) is 19.6 Å². The Morgan fingerprint density at radius 2 is 0.717 bits per heavy atom. The zero-order valence-electron chi connectivity index (χ0n) is 28.8. The second-order valence-electron chi connectivity index (χ2n) is 13.6. The van der Waals surface area contributed by atoms with E-state index >= 15 is 0 Å². The lowest BCUT2D eigenvalue weighted by Crippen LogP contribution is -2.61. The summed E-state index contributed by atoms with van der Waals surface area (Å²) >= 11 is 0. The van der Waals surface area contributed by atoms with Crippen LogP contribution in [0.5, 0.6) is 0 Å². The molecule has 0 N–H and O–H groups in total. The maximum atomic E-state index is 4.44. The van der Waals surface area contributed by atoms with E-state index in [1.165, 1.54) is 33.5 Å². The third-order valence-corrected chi connectivity index (χ3v) is 10.8. The molecule has 7 aromatic carbocycles. The average molecular weight is 678 g/mol. The second-order valence-corrected chi connectivity index (χ2v) is 13.6. The first-order valence-electron chi connectivity index (χ1n) is 18.1. The number of benzene rings is 7. The number of nitrogens with zero attached hydrogens (tertiary/aromatic N) is 5. The fourth-order valence-electron chi connectivity index (χ4n) is 8.74. The molecule has 3 aliphatic rings. The second kappa shape index (κ2) is 11.8. The van der Waals surface area contributed by atoms with Crippen LogP contribution in [0.1, 0.15) is 0 Å². The van der Waals surface area contributed by atoms with Crippen molar-refractivity contribution >= 4 is 91.3 Å². The maximum absolute atomic E-state index is 4.44. The summed E-state index contributed by atoms with van der Waals surface area (Å²) in [5.74, 6) is 0. The third-order valence-electron chi connectivity index (χ3n) is 10.8. The highest BCUT2D eigenvalue weighted by atomic mass is 15.3. The summed E-state index contributed by atoms with van der Waals surface area (Å²) < 4.78 is 0. The predicted octanol–water partition coefficient (Wildman–Crippen LogP) is 10.4. The highest BCUT2D eigenvalue weighted by molar-refractivity contribution is 7.00. The molecule has 1 aromatic heterocycles. The van der Waals surface area contributed by atoms with Crippen LogP contribution in [0, 0.1) is 0 Å². The van der Waals surface area contributed by atoms with Crippen LogP contribution in [-0.4, -0.2) is 11.7 Å². The molecule has 0 atom stereocenters. The molecule has 0 bridgehead atoms. The molecule has 0 aliphatic carbocycles. The van der Waals surface area contributed by atoms with Crippen molar-refractivity contribution < 1.29 is 0 Å². The highest BCUT2D eigenvalue weighted by Gasteiger charge is 2.47. The third kappa shape index (κ3) is 4.36. The molecule has 8 aromatic rings. The van der Waals surface area contributed by atoms with Crippen molar-refractivity contribution in [1.29, 1.82) is 0 Å². The van der Waals surface area contributed by atoms with Crippen molar-refractivity contribution in [2.45, 2.75) is 0 Å². The standard InChI is InChI=1S/C47H32BN5/c1-4-16-33(17-5-1)50-39-24-12-10-22-37(39)48-38-23-11-13-25-40(38)52(34-18-6-2-7-19-34)47-45(48)43(50)32-44-46(47)53(35-20-8-3-9-21-35)42-27-15-14-26-41(42)51(44)36-28-30-49-31-29-36/h1-32H. The van der Waals surface area contributed by atoms with Crippen LogP contribution in [-0.2, 0) is 0 Å². The fourth-order valence-corrected chi connectivity index (χ4v) is 8.74. The molecule has 248 valence electrons. The Balaban J connectivity index is 1.36. The normalized spacial score (nSPS) is 13.5. The number of hydrogen-bond acceptors (Lipinski definition) is 5. The number of para-hydroxylation sites is 7. The Kier molecular flexibility index (Phi) is 6.58. The van der Waals surface area contributed by atoms with Gasteiger partial charge in [-0.15, -0.1) is 0 Å². The SMILES string of the molecule is c1ccc(N2c3ccccc3B3c4ccccc4N(c4ccccc4)c4c3c2cc2c4N(c3ccccc3)c3ccccc3N2c2ccncc2)cc1. The zero-order valence-corrected chi connectivity index (χ0v) is 28.8. The van der Waals surface area contributed by atoms with Crippen LogP contribution in [0.2, 0.25) is 0 Å². The van der Waals surface area contributed by atoms with E-state index < -0.39 is 0 Å². The van der Waals surface area contributed by atoms with Gasteiger partial charge in [0.1, 0.15) is 0 Å². The number of aromatic nitrogens is 1. The van der Waals surface area contributed by atoms with E-state index in [1.54, 1.807) is 0 Å². The molecule has 5 nitrogen and oxygen atoms in total. The molecule has 6 heteroatoms. The quantitative estimate of drug-likeness (QED) is 0.173. The Hall–Kier alpha value is -7.05. The van der Waals surface area contributed by atoms with Gasteiger partial charge in [-0.2, -0.15) is 0 Å². The van der Waals surface area contributed by atoms with Gasteiger partial charge in [-0.25, -0.2) is 0 Å². The topological polar surface area (TPSA) is 25.9 Å². The first-order valence-corrected chi connectivity index (χ1v) is 18.1. The molecule has 0 unspecified atom stereocenters. The van der Waals surface area contributed by atoms with E-state index in [-0.39, 0.29) is 6.71 Å². The lowest BCUT2D eigenvalue weighted by Gasteiger charge is -2.49. The monoisotopic (exact) mass is 677 g/mol. The average Bonchev–Trinajstić information content (AvgIpc) is 3.24. The van der Waals surface area contributed by atoms with Crippen LogP contribution >= 0.6 is 0 Å². The number of pyridine rings is 1. The first-order chi connectivity index (χ1) is 26.4. The summed E-state index contributed by atoms with van der Waals surface area (Å²) in [5.41, 5.74) is 17.4. The van der Waals surface area contributed by atoms with Crippen molar-refractivity contribution in [3.63, 3.8) is 0 Å². The van der Waals surface area contributed by atoms with Crippen LogP contribution in [0.4, 0.5) is 68.2 Å². The van der Waals surface area contributed by atoms with Gasteiger partial charge in [-0.3, -0.25) is 4.98 Å². The summed E-state index contributed by atoms with van der Waals surface area (Å²) in [4.78, 5) is 14.3. The molecule has 0 amide bonds. The number of anilines is 12. The summed E-state index contributed by atoms with van der Waals surface area (Å²) in [6.45, 7) is 0.00166. The van der Waals surface area contributed by atoms with E-state index in [2.05, 4.69) is 207 Å². The van der Waals surface area contributed by atoms with Crippen LogP contribution in [0.3, 0.4) is 0 Å². The Bertz CT molecular complexity index is 2640. The number of fused-ring (bicyclic) bond motifs is 7. The minimum Gasteiger partial charge on any atom is -0.311 e. The van der Waals surface area contributed by atoms with Crippen LogP contribution < -0.4 is 36.0 Å². The molecule has 0 radical (unpaired) electrons. The lowest BCUT2D eigenvalue weighted by atomic mass is 9.33. The molecule has 3 aliphatic heterocycles. The van der Waals surface area contributed by atoms with Gasteiger partial charge in [0.25, 0.3) is 6.71 Å². The summed E-state index contributed by atoms with van der Waals surface area (Å²) in [6.07, 6.45) is 3.78. The number of rotatable bonds is 4. The molecular weight excluding hydrogens is 645 g/mol. The van der Waals surface area contributed by atoms with Gasteiger partial charge in [0.05, 0.1) is 28.4 Å². The van der Waals surface area contributed by atoms with E-state index in [0.29, 0.717) is 0 Å². The van der Waals surface area contributed by atoms with E-state index in [1.807, 2.05) is 12.4 Å². The summed E-state index contributed by atoms with van der Waals surface area (Å²) in [7, 11) is 0. The maximum Gasteiger partial charge on any atom is 0.252 e. The van der Waals surface area contributed by atoms with Crippen molar-refractivity contribution in [3.8, 4) is 0 Å². The zero-order chi connectivity index (χ0) is 34.9. The van der Waals surface area contributed by atoms with Crippen LogP contribution in [0.25, 0.3) is 0 Å². The fraction of sp³-hybridized carbons (Fsp3) is 0. The summed E-state index contributed by atoms with van der Waals surface area (Å²) in [6, 6.07) is 65.9. The van der Waals surface area contributed by atoms with Crippen molar-refractivity contribution in [2.24, 2.45) is 0 Å². The number of hydrogen-bond donors (Lipinski definition) is 0. The van der Waals surface area contributed by atoms with E-state index in [4.69, 9.17) is 0 Å². The van der Waals surface area contributed by atoms with E-state index in [9.17, 15) is 0 Å². The van der Waals surface area contributed by atoms with Crippen LogP contribution in [0.15, 0.2) is 194 Å². The Morgan fingerprint density at radius 1 is 0.321 bits per heavy atom. The molecule has 0 fully saturated rings. The predicted molar refractivity (Wildman–Crippen MR) is 221 cm³/mol. The van der Waals surface area contributed by atoms with E-state index in [0.717, 1.165) is 51.2 Å². The van der Waals surface area contributed by atoms with Gasteiger partial charge >= 0.3 is 0 Å². The van der Waals surface area contributed by atoms with Crippen molar-refractivity contribution in [3.05, 3.63) is 194 Å². The molecule has 0 saturated carbocycles. The van der Waals surface area contributed by atoms with Gasteiger partial charge in [0, 0.05) is 52.2 Å². The Morgan fingerprint density at radius 3 is 1.28 bits per heavy atom. The first kappa shape index (κ1) is 29.7. The van der Waals surface area contributed by atoms with Gasteiger partial charge < -0.3 is 19.6 Å². The lowest BCUT2D eigenvalue weighted by molar-refractivity contribution is 1.14. The highest BCUT2D eigenvalue weighted by Crippen LogP contribution is 2.60. The molecule has 0 saturated heterocycles. The molecule has 4 heterocycles. The minimum atomic E-state index is 0.00166. The summed E-state index contributed by atoms with van der Waals surface area (Å²) in [5, 5.41) is 0. The van der Waals surface area contributed by atoms with Crippen molar-refractivity contribution in [1.82, 2.24) is 4.98 Å². The molecule has 11 rings (SSSR count). The minimum absolute atomic E-state index is 0.00166. The van der Waals surface area contributed by atoms with Gasteiger partial charge in [0.15, 0.2) is 0 Å². The largest absolute Gasteiger partial charge is 0.311 e. The van der Waals surface area contributed by atoms with Gasteiger partial charge in [0.2, 0.25) is 0 Å². The Labute approximate surface area is 309 Å². The molecule has 0 spiro atoms. The molecule has 53 heavy (non-hydrogen) atoms. The van der Waals surface area contributed by atoms with Gasteiger partial charge in [-0.05, 0) is 95.3 Å². The molecular formula is C47H32BN5. The smallest absolute Gasteiger partial charge is 0.252 e.